The van der Waals surface area contributed by atoms with Gasteiger partial charge >= 0.3 is 0 Å². The minimum absolute atomic E-state index is 0.0353. The van der Waals surface area contributed by atoms with Gasteiger partial charge in [-0.05, 0) is 29.2 Å². The Bertz CT molecular complexity index is 494. The SMILES string of the molecule is C=CC(=O)N1CCN(c2cccc(C(C)(C)C)c2)CC1. The molecule has 1 amide bonds. The van der Waals surface area contributed by atoms with Crippen LogP contribution in [0.3, 0.4) is 0 Å². The lowest BCUT2D eigenvalue weighted by Gasteiger charge is -2.36. The molecule has 0 saturated carbocycles. The molecule has 0 aromatic heterocycles. The number of rotatable bonds is 2. The number of hydrogen-bond acceptors (Lipinski definition) is 2. The number of piperazine rings is 1. The molecule has 0 spiro atoms. The molecule has 0 N–H and O–H groups in total. The molecular formula is C17H24N2O. The van der Waals surface area contributed by atoms with E-state index >= 15 is 0 Å². The van der Waals surface area contributed by atoms with Gasteiger partial charge in [-0.2, -0.15) is 0 Å². The zero-order chi connectivity index (χ0) is 14.8. The van der Waals surface area contributed by atoms with E-state index < -0.39 is 0 Å². The van der Waals surface area contributed by atoms with Gasteiger partial charge in [0, 0.05) is 31.9 Å². The number of benzene rings is 1. The lowest BCUT2D eigenvalue weighted by Crippen LogP contribution is -2.48. The van der Waals surface area contributed by atoms with Crippen LogP contribution in [0.25, 0.3) is 0 Å². The first kappa shape index (κ1) is 14.6. The van der Waals surface area contributed by atoms with Crippen LogP contribution in [-0.4, -0.2) is 37.0 Å². The summed E-state index contributed by atoms with van der Waals surface area (Å²) >= 11 is 0. The number of anilines is 1. The Morgan fingerprint density at radius 2 is 1.85 bits per heavy atom. The molecular weight excluding hydrogens is 248 g/mol. The third kappa shape index (κ3) is 3.21. The molecule has 0 unspecified atom stereocenters. The molecule has 1 aromatic rings. The minimum Gasteiger partial charge on any atom is -0.368 e. The molecule has 0 radical (unpaired) electrons. The monoisotopic (exact) mass is 272 g/mol. The highest BCUT2D eigenvalue weighted by Crippen LogP contribution is 2.26. The maximum atomic E-state index is 11.6. The summed E-state index contributed by atoms with van der Waals surface area (Å²) in [6.07, 6.45) is 1.40. The lowest BCUT2D eigenvalue weighted by molar-refractivity contribution is -0.126. The van der Waals surface area contributed by atoms with E-state index in [4.69, 9.17) is 0 Å². The van der Waals surface area contributed by atoms with Crippen molar-refractivity contribution < 1.29 is 4.79 Å². The number of amides is 1. The first-order chi connectivity index (χ1) is 9.41. The zero-order valence-corrected chi connectivity index (χ0v) is 12.7. The van der Waals surface area contributed by atoms with E-state index in [1.807, 2.05) is 4.90 Å². The Hall–Kier alpha value is -1.77. The molecule has 20 heavy (non-hydrogen) atoms. The van der Waals surface area contributed by atoms with Gasteiger partial charge in [0.2, 0.25) is 5.91 Å². The largest absolute Gasteiger partial charge is 0.368 e. The van der Waals surface area contributed by atoms with E-state index in [9.17, 15) is 4.79 Å². The first-order valence-corrected chi connectivity index (χ1v) is 7.18. The highest BCUT2D eigenvalue weighted by molar-refractivity contribution is 5.87. The fourth-order valence-corrected chi connectivity index (χ4v) is 2.48. The van der Waals surface area contributed by atoms with Gasteiger partial charge in [0.15, 0.2) is 0 Å². The van der Waals surface area contributed by atoms with Gasteiger partial charge in [-0.3, -0.25) is 4.79 Å². The van der Waals surface area contributed by atoms with Gasteiger partial charge in [0.05, 0.1) is 0 Å². The van der Waals surface area contributed by atoms with Crippen molar-refractivity contribution in [3.05, 3.63) is 42.5 Å². The second kappa shape index (κ2) is 5.70. The summed E-state index contributed by atoms with van der Waals surface area (Å²) in [7, 11) is 0. The summed E-state index contributed by atoms with van der Waals surface area (Å²) in [5.74, 6) is 0.0353. The van der Waals surface area contributed by atoms with Crippen molar-refractivity contribution in [1.82, 2.24) is 4.90 Å². The summed E-state index contributed by atoms with van der Waals surface area (Å²) < 4.78 is 0. The fourth-order valence-electron chi connectivity index (χ4n) is 2.48. The summed E-state index contributed by atoms with van der Waals surface area (Å²) in [6, 6.07) is 8.73. The number of nitrogens with zero attached hydrogens (tertiary/aromatic N) is 2. The van der Waals surface area contributed by atoms with Crippen molar-refractivity contribution >= 4 is 11.6 Å². The average molecular weight is 272 g/mol. The maximum Gasteiger partial charge on any atom is 0.246 e. The standard InChI is InChI=1S/C17H24N2O/c1-5-16(20)19-11-9-18(10-12-19)15-8-6-7-14(13-15)17(2,3)4/h5-8,13H,1,9-12H2,2-4H3. The Morgan fingerprint density at radius 3 is 2.40 bits per heavy atom. The molecule has 3 nitrogen and oxygen atoms in total. The summed E-state index contributed by atoms with van der Waals surface area (Å²) in [6.45, 7) is 13.5. The van der Waals surface area contributed by atoms with E-state index in [2.05, 4.69) is 56.5 Å². The Balaban J connectivity index is 2.07. The number of carbonyl (C=O) groups excluding carboxylic acids is 1. The van der Waals surface area contributed by atoms with Crippen molar-refractivity contribution in [3.8, 4) is 0 Å². The predicted octanol–water partition coefficient (Wildman–Crippen LogP) is 2.82. The Kier molecular flexibility index (Phi) is 4.17. The van der Waals surface area contributed by atoms with Gasteiger partial charge in [0.25, 0.3) is 0 Å². The van der Waals surface area contributed by atoms with Gasteiger partial charge < -0.3 is 9.80 Å². The van der Waals surface area contributed by atoms with E-state index in [0.29, 0.717) is 0 Å². The number of hydrogen-bond donors (Lipinski definition) is 0. The molecule has 0 bridgehead atoms. The van der Waals surface area contributed by atoms with E-state index in [0.717, 1.165) is 26.2 Å². The lowest BCUT2D eigenvalue weighted by atomic mass is 9.87. The van der Waals surface area contributed by atoms with Crippen LogP contribution in [0.2, 0.25) is 0 Å². The third-order valence-electron chi connectivity index (χ3n) is 3.84. The Labute approximate surface area is 121 Å². The average Bonchev–Trinajstić information content (AvgIpc) is 2.46. The molecule has 2 rings (SSSR count). The molecule has 1 aliphatic heterocycles. The van der Waals surface area contributed by atoms with Gasteiger partial charge in [-0.1, -0.05) is 39.5 Å². The highest BCUT2D eigenvalue weighted by Gasteiger charge is 2.21. The second-order valence-corrected chi connectivity index (χ2v) is 6.32. The molecule has 1 aromatic carbocycles. The maximum absolute atomic E-state index is 11.6. The zero-order valence-electron chi connectivity index (χ0n) is 12.7. The molecule has 1 fully saturated rings. The van der Waals surface area contributed by atoms with Crippen LogP contribution >= 0.6 is 0 Å². The van der Waals surface area contributed by atoms with Gasteiger partial charge in [0.1, 0.15) is 0 Å². The molecule has 0 aliphatic carbocycles. The third-order valence-corrected chi connectivity index (χ3v) is 3.84. The first-order valence-electron chi connectivity index (χ1n) is 7.18. The van der Waals surface area contributed by atoms with Crippen LogP contribution in [-0.2, 0) is 10.2 Å². The minimum atomic E-state index is 0.0353. The van der Waals surface area contributed by atoms with Crippen molar-refractivity contribution in [3.63, 3.8) is 0 Å². The molecule has 0 atom stereocenters. The van der Waals surface area contributed by atoms with Gasteiger partial charge in [-0.15, -0.1) is 0 Å². The van der Waals surface area contributed by atoms with E-state index in [-0.39, 0.29) is 11.3 Å². The Morgan fingerprint density at radius 1 is 1.20 bits per heavy atom. The number of carbonyl (C=O) groups is 1. The smallest absolute Gasteiger partial charge is 0.246 e. The normalized spacial score (nSPS) is 16.1. The molecule has 1 heterocycles. The quantitative estimate of drug-likeness (QED) is 0.773. The highest BCUT2D eigenvalue weighted by atomic mass is 16.2. The van der Waals surface area contributed by atoms with E-state index in [1.54, 1.807) is 0 Å². The van der Waals surface area contributed by atoms with Crippen molar-refractivity contribution in [2.24, 2.45) is 0 Å². The summed E-state index contributed by atoms with van der Waals surface area (Å²) in [4.78, 5) is 15.8. The second-order valence-electron chi connectivity index (χ2n) is 6.32. The molecule has 108 valence electrons. The van der Waals surface area contributed by atoms with Crippen LogP contribution in [0.5, 0.6) is 0 Å². The van der Waals surface area contributed by atoms with Crippen molar-refractivity contribution in [2.45, 2.75) is 26.2 Å². The molecule has 1 saturated heterocycles. The van der Waals surface area contributed by atoms with Crippen LogP contribution in [0.4, 0.5) is 5.69 Å². The van der Waals surface area contributed by atoms with Crippen LogP contribution < -0.4 is 4.90 Å². The fraction of sp³-hybridized carbons (Fsp3) is 0.471. The van der Waals surface area contributed by atoms with Crippen LogP contribution in [0.1, 0.15) is 26.3 Å². The molecule has 1 aliphatic rings. The van der Waals surface area contributed by atoms with Crippen LogP contribution in [0.15, 0.2) is 36.9 Å². The predicted molar refractivity (Wildman–Crippen MR) is 84.1 cm³/mol. The summed E-state index contributed by atoms with van der Waals surface area (Å²) in [5.41, 5.74) is 2.76. The van der Waals surface area contributed by atoms with E-state index in [1.165, 1.54) is 17.3 Å². The van der Waals surface area contributed by atoms with Crippen molar-refractivity contribution in [1.29, 1.82) is 0 Å². The summed E-state index contributed by atoms with van der Waals surface area (Å²) in [5, 5.41) is 0. The van der Waals surface area contributed by atoms with Crippen molar-refractivity contribution in [2.75, 3.05) is 31.1 Å². The molecule has 3 heteroatoms. The van der Waals surface area contributed by atoms with Crippen LogP contribution in [0, 0.1) is 0 Å². The topological polar surface area (TPSA) is 23.6 Å². The van der Waals surface area contributed by atoms with Gasteiger partial charge in [-0.25, -0.2) is 0 Å².